The number of nitrogens with two attached hydrogens (primary N) is 1. The summed E-state index contributed by atoms with van der Waals surface area (Å²) >= 11 is 12.4. The molecule has 100 valence electrons. The molecule has 1 unspecified atom stereocenters. The summed E-state index contributed by atoms with van der Waals surface area (Å²) in [6.07, 6.45) is 2.39. The number of benzene rings is 1. The Labute approximate surface area is 122 Å². The Morgan fingerprint density at radius 2 is 1.95 bits per heavy atom. The minimum atomic E-state index is -0.0564. The van der Waals surface area contributed by atoms with Gasteiger partial charge in [-0.3, -0.25) is 16.3 Å². The summed E-state index contributed by atoms with van der Waals surface area (Å²) in [7, 11) is 0. The van der Waals surface area contributed by atoms with Gasteiger partial charge in [0.1, 0.15) is 0 Å². The van der Waals surface area contributed by atoms with E-state index in [-0.39, 0.29) is 6.04 Å². The first-order chi connectivity index (χ1) is 9.11. The Morgan fingerprint density at radius 1 is 1.26 bits per heavy atom. The van der Waals surface area contributed by atoms with E-state index in [9.17, 15) is 0 Å². The van der Waals surface area contributed by atoms with E-state index in [1.165, 1.54) is 0 Å². The molecule has 19 heavy (non-hydrogen) atoms. The zero-order chi connectivity index (χ0) is 13.8. The number of pyridine rings is 1. The number of nitrogens with one attached hydrogen (secondary N) is 1. The van der Waals surface area contributed by atoms with Crippen molar-refractivity contribution in [3.63, 3.8) is 0 Å². The molecule has 0 spiro atoms. The number of hydrazine groups is 1. The lowest BCUT2D eigenvalue weighted by Crippen LogP contribution is -2.29. The lowest BCUT2D eigenvalue weighted by Gasteiger charge is -2.18. The van der Waals surface area contributed by atoms with Crippen molar-refractivity contribution < 1.29 is 0 Å². The highest BCUT2D eigenvalue weighted by atomic mass is 35.5. The van der Waals surface area contributed by atoms with Crippen molar-refractivity contribution in [3.8, 4) is 0 Å². The van der Waals surface area contributed by atoms with Crippen molar-refractivity contribution in [1.29, 1.82) is 0 Å². The highest BCUT2D eigenvalue weighted by molar-refractivity contribution is 6.36. The molecule has 0 saturated carbocycles. The minimum Gasteiger partial charge on any atom is -0.271 e. The van der Waals surface area contributed by atoms with E-state index < -0.39 is 0 Å². The number of aromatic nitrogens is 1. The molecule has 0 aliphatic rings. The van der Waals surface area contributed by atoms with Crippen molar-refractivity contribution in [2.45, 2.75) is 19.4 Å². The fourth-order valence-electron chi connectivity index (χ4n) is 1.99. The van der Waals surface area contributed by atoms with Gasteiger partial charge in [-0.05, 0) is 48.7 Å². The monoisotopic (exact) mass is 295 g/mol. The highest BCUT2D eigenvalue weighted by Gasteiger charge is 2.15. The zero-order valence-corrected chi connectivity index (χ0v) is 12.0. The van der Waals surface area contributed by atoms with Gasteiger partial charge in [0.15, 0.2) is 0 Å². The molecule has 0 radical (unpaired) electrons. The van der Waals surface area contributed by atoms with E-state index in [2.05, 4.69) is 10.4 Å². The van der Waals surface area contributed by atoms with E-state index in [0.29, 0.717) is 16.5 Å². The average Bonchev–Trinajstić information content (AvgIpc) is 2.38. The molecule has 2 rings (SSSR count). The van der Waals surface area contributed by atoms with Crippen molar-refractivity contribution in [2.75, 3.05) is 0 Å². The predicted molar refractivity (Wildman–Crippen MR) is 79.2 cm³/mol. The third kappa shape index (κ3) is 3.45. The second kappa shape index (κ2) is 6.35. The molecule has 0 aliphatic carbocycles. The highest BCUT2D eigenvalue weighted by Crippen LogP contribution is 2.29. The van der Waals surface area contributed by atoms with Crippen LogP contribution < -0.4 is 11.3 Å². The van der Waals surface area contributed by atoms with E-state index in [1.54, 1.807) is 6.20 Å². The van der Waals surface area contributed by atoms with Crippen LogP contribution in [0.25, 0.3) is 0 Å². The molecule has 0 amide bonds. The van der Waals surface area contributed by atoms with E-state index in [4.69, 9.17) is 29.0 Å². The second-order valence-electron chi connectivity index (χ2n) is 4.35. The van der Waals surface area contributed by atoms with Crippen molar-refractivity contribution >= 4 is 23.2 Å². The SMILES string of the molecule is Cc1cc(C(Cc2c(Cl)cccc2Cl)NN)ccn1. The third-order valence-electron chi connectivity index (χ3n) is 2.99. The summed E-state index contributed by atoms with van der Waals surface area (Å²) in [5.41, 5.74) is 5.70. The normalized spacial score (nSPS) is 12.4. The van der Waals surface area contributed by atoms with E-state index in [0.717, 1.165) is 16.8 Å². The first-order valence-electron chi connectivity index (χ1n) is 5.93. The molecular formula is C14H15Cl2N3. The van der Waals surface area contributed by atoms with Gasteiger partial charge in [-0.15, -0.1) is 0 Å². The maximum absolute atomic E-state index is 6.18. The molecule has 3 N–H and O–H groups in total. The minimum absolute atomic E-state index is 0.0564. The van der Waals surface area contributed by atoms with Crippen LogP contribution in [0, 0.1) is 6.92 Å². The number of aryl methyl sites for hydroxylation is 1. The van der Waals surface area contributed by atoms with Gasteiger partial charge in [0.2, 0.25) is 0 Å². The molecule has 0 bridgehead atoms. The van der Waals surface area contributed by atoms with Crippen LogP contribution in [0.3, 0.4) is 0 Å². The van der Waals surface area contributed by atoms with Gasteiger partial charge in [-0.25, -0.2) is 0 Å². The first kappa shape index (κ1) is 14.3. The molecule has 1 aromatic carbocycles. The topological polar surface area (TPSA) is 50.9 Å². The maximum atomic E-state index is 6.18. The predicted octanol–water partition coefficient (Wildman–Crippen LogP) is 3.44. The molecule has 1 aromatic heterocycles. The molecule has 2 aromatic rings. The lowest BCUT2D eigenvalue weighted by atomic mass is 9.99. The largest absolute Gasteiger partial charge is 0.271 e. The number of hydrogen-bond donors (Lipinski definition) is 2. The summed E-state index contributed by atoms with van der Waals surface area (Å²) in [5.74, 6) is 5.65. The van der Waals surface area contributed by atoms with Crippen LogP contribution in [0.15, 0.2) is 36.5 Å². The van der Waals surface area contributed by atoms with Crippen LogP contribution in [0.4, 0.5) is 0 Å². The van der Waals surface area contributed by atoms with Crippen LogP contribution in [-0.4, -0.2) is 4.98 Å². The fourth-order valence-corrected chi connectivity index (χ4v) is 2.54. The van der Waals surface area contributed by atoms with Gasteiger partial charge in [0, 0.05) is 21.9 Å². The standard InChI is InChI=1S/C14H15Cl2N3/c1-9-7-10(5-6-18-9)14(19-17)8-11-12(15)3-2-4-13(11)16/h2-7,14,19H,8,17H2,1H3. The van der Waals surface area contributed by atoms with Crippen molar-refractivity contribution in [3.05, 3.63) is 63.4 Å². The van der Waals surface area contributed by atoms with Crippen LogP contribution >= 0.6 is 23.2 Å². The number of nitrogens with zero attached hydrogens (tertiary/aromatic N) is 1. The number of halogens is 2. The Balaban J connectivity index is 2.29. The van der Waals surface area contributed by atoms with Gasteiger partial charge >= 0.3 is 0 Å². The van der Waals surface area contributed by atoms with E-state index in [1.807, 2.05) is 37.3 Å². The second-order valence-corrected chi connectivity index (χ2v) is 5.17. The van der Waals surface area contributed by atoms with Crippen molar-refractivity contribution in [1.82, 2.24) is 10.4 Å². The van der Waals surface area contributed by atoms with Crippen LogP contribution in [0.1, 0.15) is 22.9 Å². The average molecular weight is 296 g/mol. The van der Waals surface area contributed by atoms with Gasteiger partial charge in [0.25, 0.3) is 0 Å². The van der Waals surface area contributed by atoms with Gasteiger partial charge < -0.3 is 0 Å². The van der Waals surface area contributed by atoms with Crippen LogP contribution in [0.5, 0.6) is 0 Å². The molecule has 1 heterocycles. The van der Waals surface area contributed by atoms with Gasteiger partial charge in [-0.2, -0.15) is 0 Å². The Hall–Kier alpha value is -1.13. The first-order valence-corrected chi connectivity index (χ1v) is 6.69. The van der Waals surface area contributed by atoms with E-state index >= 15 is 0 Å². The maximum Gasteiger partial charge on any atom is 0.0502 e. The summed E-state index contributed by atoms with van der Waals surface area (Å²) in [6, 6.07) is 9.36. The number of hydrogen-bond acceptors (Lipinski definition) is 3. The summed E-state index contributed by atoms with van der Waals surface area (Å²) in [6.45, 7) is 1.94. The summed E-state index contributed by atoms with van der Waals surface area (Å²) in [4.78, 5) is 4.18. The molecule has 0 fully saturated rings. The third-order valence-corrected chi connectivity index (χ3v) is 3.70. The zero-order valence-electron chi connectivity index (χ0n) is 10.5. The van der Waals surface area contributed by atoms with Gasteiger partial charge in [0.05, 0.1) is 6.04 Å². The summed E-state index contributed by atoms with van der Waals surface area (Å²) < 4.78 is 0. The molecule has 0 saturated heterocycles. The molecule has 1 atom stereocenters. The fraction of sp³-hybridized carbons (Fsp3) is 0.214. The lowest BCUT2D eigenvalue weighted by molar-refractivity contribution is 0.551. The Bertz CT molecular complexity index is 552. The van der Waals surface area contributed by atoms with Crippen molar-refractivity contribution in [2.24, 2.45) is 5.84 Å². The molecule has 3 nitrogen and oxygen atoms in total. The molecular weight excluding hydrogens is 281 g/mol. The molecule has 5 heteroatoms. The van der Waals surface area contributed by atoms with Gasteiger partial charge in [-0.1, -0.05) is 29.3 Å². The Morgan fingerprint density at radius 3 is 2.53 bits per heavy atom. The Kier molecular flexibility index (Phi) is 4.77. The summed E-state index contributed by atoms with van der Waals surface area (Å²) in [5, 5.41) is 1.30. The van der Waals surface area contributed by atoms with Crippen LogP contribution in [-0.2, 0) is 6.42 Å². The molecule has 0 aliphatic heterocycles. The van der Waals surface area contributed by atoms with Crippen LogP contribution in [0.2, 0.25) is 10.0 Å². The quantitative estimate of drug-likeness (QED) is 0.671. The number of rotatable bonds is 4. The smallest absolute Gasteiger partial charge is 0.0502 e.